The lowest BCUT2D eigenvalue weighted by Gasteiger charge is -2.28. The summed E-state index contributed by atoms with van der Waals surface area (Å²) < 4.78 is 1.22. The van der Waals surface area contributed by atoms with Gasteiger partial charge in [0.1, 0.15) is 0 Å². The van der Waals surface area contributed by atoms with E-state index >= 15 is 0 Å². The van der Waals surface area contributed by atoms with Gasteiger partial charge < -0.3 is 5.32 Å². The largest absolute Gasteiger partial charge is 0.313 e. The molecule has 3 heteroatoms. The van der Waals surface area contributed by atoms with Crippen molar-refractivity contribution in [3.05, 3.63) is 20.8 Å². The predicted molar refractivity (Wildman–Crippen MR) is 72.6 cm³/mol. The number of hydrogen-bond donors (Lipinski definition) is 1. The van der Waals surface area contributed by atoms with Gasteiger partial charge >= 0.3 is 0 Å². The third-order valence-corrected chi connectivity index (χ3v) is 4.43. The number of nitrogens with one attached hydrogen (secondary N) is 1. The Bertz CT molecular complexity index is 301. The van der Waals surface area contributed by atoms with E-state index in [1.165, 1.54) is 8.66 Å². The molecule has 1 rings (SSSR count). The van der Waals surface area contributed by atoms with Gasteiger partial charge in [0.2, 0.25) is 0 Å². The van der Waals surface area contributed by atoms with E-state index in [0.717, 1.165) is 13.0 Å². The Morgan fingerprint density at radius 1 is 1.40 bits per heavy atom. The molecule has 0 aliphatic heterocycles. The highest BCUT2D eigenvalue weighted by Gasteiger charge is 2.18. The highest BCUT2D eigenvalue weighted by Crippen LogP contribution is 2.22. The van der Waals surface area contributed by atoms with E-state index in [4.69, 9.17) is 0 Å². The third-order valence-electron chi connectivity index (χ3n) is 2.75. The van der Waals surface area contributed by atoms with Crippen molar-refractivity contribution in [2.75, 3.05) is 6.54 Å². The minimum atomic E-state index is 0.343. The first-order valence-electron chi connectivity index (χ1n) is 5.37. The van der Waals surface area contributed by atoms with Crippen LogP contribution in [0.1, 0.15) is 32.6 Å². The Morgan fingerprint density at radius 2 is 2.07 bits per heavy atom. The number of rotatable bonds is 4. The average molecular weight is 290 g/mol. The Morgan fingerprint density at radius 3 is 2.53 bits per heavy atom. The summed E-state index contributed by atoms with van der Waals surface area (Å²) in [6.07, 6.45) is 1.12. The zero-order chi connectivity index (χ0) is 11.5. The summed E-state index contributed by atoms with van der Waals surface area (Å²) in [4.78, 5) is 1.44. The Kier molecular flexibility index (Phi) is 4.81. The summed E-state index contributed by atoms with van der Waals surface area (Å²) >= 11 is 5.31. The Hall–Kier alpha value is 0.140. The quantitative estimate of drug-likeness (QED) is 0.881. The summed E-state index contributed by atoms with van der Waals surface area (Å²) in [7, 11) is 0. The van der Waals surface area contributed by atoms with Crippen molar-refractivity contribution in [2.45, 2.75) is 40.2 Å². The fourth-order valence-electron chi connectivity index (χ4n) is 1.20. The second-order valence-electron chi connectivity index (χ2n) is 5.00. The van der Waals surface area contributed by atoms with Crippen molar-refractivity contribution in [3.63, 3.8) is 0 Å². The molecule has 0 amide bonds. The summed E-state index contributed by atoms with van der Waals surface area (Å²) in [5, 5.41) is 3.57. The van der Waals surface area contributed by atoms with Crippen molar-refractivity contribution in [1.82, 2.24) is 5.32 Å². The van der Waals surface area contributed by atoms with Gasteiger partial charge in [-0.05, 0) is 46.8 Å². The fraction of sp³-hybridized carbons (Fsp3) is 0.667. The summed E-state index contributed by atoms with van der Waals surface area (Å²) in [6, 6.07) is 4.87. The van der Waals surface area contributed by atoms with E-state index in [2.05, 4.69) is 61.1 Å². The lowest BCUT2D eigenvalue weighted by Crippen LogP contribution is -2.38. The average Bonchev–Trinajstić information content (AvgIpc) is 2.49. The van der Waals surface area contributed by atoms with Crippen LogP contribution in [0.3, 0.4) is 0 Å². The van der Waals surface area contributed by atoms with Gasteiger partial charge in [0.25, 0.3) is 0 Å². The van der Waals surface area contributed by atoms with Gasteiger partial charge in [-0.3, -0.25) is 0 Å². The Labute approximate surface area is 105 Å². The minimum absolute atomic E-state index is 0.343. The van der Waals surface area contributed by atoms with E-state index in [-0.39, 0.29) is 0 Å². The van der Waals surface area contributed by atoms with Crippen LogP contribution >= 0.6 is 27.3 Å². The van der Waals surface area contributed by atoms with Gasteiger partial charge in [-0.15, -0.1) is 11.3 Å². The topological polar surface area (TPSA) is 12.0 Å². The molecule has 0 saturated heterocycles. The van der Waals surface area contributed by atoms with Crippen LogP contribution in [0.2, 0.25) is 0 Å². The van der Waals surface area contributed by atoms with Gasteiger partial charge in [-0.1, -0.05) is 20.8 Å². The second kappa shape index (κ2) is 5.46. The molecule has 0 aliphatic carbocycles. The van der Waals surface area contributed by atoms with Crippen molar-refractivity contribution >= 4 is 27.3 Å². The zero-order valence-corrected chi connectivity index (χ0v) is 12.3. The summed E-state index contributed by atoms with van der Waals surface area (Å²) in [6.45, 7) is 10.1. The van der Waals surface area contributed by atoms with Gasteiger partial charge in [0.15, 0.2) is 0 Å². The first-order chi connectivity index (χ1) is 6.89. The molecule has 0 radical (unpaired) electrons. The molecular formula is C12H20BrNS. The SMILES string of the molecule is CC(NCCc1ccc(Br)s1)C(C)(C)C. The third kappa shape index (κ3) is 4.66. The van der Waals surface area contributed by atoms with Crippen molar-refractivity contribution in [3.8, 4) is 0 Å². The fourth-order valence-corrected chi connectivity index (χ4v) is 2.69. The van der Waals surface area contributed by atoms with Crippen LogP contribution < -0.4 is 5.32 Å². The highest BCUT2D eigenvalue weighted by atomic mass is 79.9. The normalized spacial score (nSPS) is 14.2. The molecule has 1 atom stereocenters. The summed E-state index contributed by atoms with van der Waals surface area (Å²) in [5.41, 5.74) is 0.343. The van der Waals surface area contributed by atoms with E-state index in [0.29, 0.717) is 11.5 Å². The molecule has 0 aliphatic rings. The number of hydrogen-bond acceptors (Lipinski definition) is 2. The summed E-state index contributed by atoms with van der Waals surface area (Å²) in [5.74, 6) is 0. The maximum Gasteiger partial charge on any atom is 0.0701 e. The van der Waals surface area contributed by atoms with E-state index < -0.39 is 0 Å². The standard InChI is InChI=1S/C12H20BrNS/c1-9(12(2,3)4)14-8-7-10-5-6-11(13)15-10/h5-6,9,14H,7-8H2,1-4H3. The molecule has 15 heavy (non-hydrogen) atoms. The van der Waals surface area contributed by atoms with Crippen LogP contribution in [0.25, 0.3) is 0 Å². The molecular weight excluding hydrogens is 270 g/mol. The van der Waals surface area contributed by atoms with Gasteiger partial charge in [0, 0.05) is 17.5 Å². The smallest absolute Gasteiger partial charge is 0.0701 e. The van der Waals surface area contributed by atoms with Gasteiger partial charge in [0.05, 0.1) is 3.79 Å². The first-order valence-corrected chi connectivity index (χ1v) is 6.98. The van der Waals surface area contributed by atoms with Crippen LogP contribution in [0.5, 0.6) is 0 Å². The van der Waals surface area contributed by atoms with Crippen LogP contribution in [0.4, 0.5) is 0 Å². The second-order valence-corrected chi connectivity index (χ2v) is 7.55. The van der Waals surface area contributed by atoms with E-state index in [1.54, 1.807) is 0 Å². The molecule has 1 heterocycles. The molecule has 1 N–H and O–H groups in total. The lowest BCUT2D eigenvalue weighted by atomic mass is 9.88. The van der Waals surface area contributed by atoms with Gasteiger partial charge in [-0.25, -0.2) is 0 Å². The molecule has 86 valence electrons. The molecule has 0 aromatic carbocycles. The van der Waals surface area contributed by atoms with Crippen LogP contribution in [-0.2, 0) is 6.42 Å². The Balaban J connectivity index is 2.28. The zero-order valence-electron chi connectivity index (χ0n) is 9.93. The van der Waals surface area contributed by atoms with Crippen molar-refractivity contribution in [1.29, 1.82) is 0 Å². The van der Waals surface area contributed by atoms with Crippen LogP contribution in [0, 0.1) is 5.41 Å². The molecule has 1 unspecified atom stereocenters. The lowest BCUT2D eigenvalue weighted by molar-refractivity contribution is 0.288. The highest BCUT2D eigenvalue weighted by molar-refractivity contribution is 9.11. The van der Waals surface area contributed by atoms with Crippen LogP contribution in [0.15, 0.2) is 15.9 Å². The molecule has 0 saturated carbocycles. The first kappa shape index (κ1) is 13.2. The maximum absolute atomic E-state index is 3.57. The minimum Gasteiger partial charge on any atom is -0.313 e. The van der Waals surface area contributed by atoms with Crippen LogP contribution in [-0.4, -0.2) is 12.6 Å². The maximum atomic E-state index is 3.57. The molecule has 0 bridgehead atoms. The molecule has 1 aromatic heterocycles. The van der Waals surface area contributed by atoms with Crippen molar-refractivity contribution < 1.29 is 0 Å². The van der Waals surface area contributed by atoms with E-state index in [9.17, 15) is 0 Å². The van der Waals surface area contributed by atoms with Crippen molar-refractivity contribution in [2.24, 2.45) is 5.41 Å². The molecule has 0 fully saturated rings. The molecule has 1 nitrogen and oxygen atoms in total. The number of halogens is 1. The molecule has 0 spiro atoms. The van der Waals surface area contributed by atoms with Gasteiger partial charge in [-0.2, -0.15) is 0 Å². The molecule has 1 aromatic rings. The van der Waals surface area contributed by atoms with E-state index in [1.807, 2.05) is 11.3 Å². The monoisotopic (exact) mass is 289 g/mol. The number of thiophene rings is 1. The predicted octanol–water partition coefficient (Wildman–Crippen LogP) is 4.08.